The number of rotatable bonds is 14. The van der Waals surface area contributed by atoms with E-state index in [9.17, 15) is 4.21 Å². The predicted molar refractivity (Wildman–Crippen MR) is 102 cm³/mol. The van der Waals surface area contributed by atoms with Gasteiger partial charge in [0.25, 0.3) is 0 Å². The van der Waals surface area contributed by atoms with E-state index in [1.165, 1.54) is 0 Å². The molecular weight excluding hydrogens is 360 g/mol. The Morgan fingerprint density at radius 3 is 1.42 bits per heavy atom. The van der Waals surface area contributed by atoms with E-state index in [1.54, 1.807) is 13.8 Å². The van der Waals surface area contributed by atoms with Crippen LogP contribution in [0.3, 0.4) is 0 Å². The van der Waals surface area contributed by atoms with Crippen LogP contribution < -0.4 is 0 Å². The smallest absolute Gasteiger partial charge is 0.304 e. The fraction of sp³-hybridized carbons (Fsp3) is 0.556. The largest absolute Gasteiger partial charge is 0.515 e. The maximum atomic E-state index is 11.5. The van der Waals surface area contributed by atoms with Crippen LogP contribution in [0.15, 0.2) is 47.3 Å². The van der Waals surface area contributed by atoms with E-state index in [-0.39, 0.29) is 13.2 Å². The molecule has 0 saturated heterocycles. The molecule has 7 nitrogen and oxygen atoms in total. The minimum atomic E-state index is -1.80. The van der Waals surface area contributed by atoms with Crippen LogP contribution in [-0.2, 0) is 19.7 Å². The highest BCUT2D eigenvalue weighted by atomic mass is 32.2. The number of allylic oxidation sites excluding steroid dienone is 4. The number of unbranched alkanes of at least 4 members (excludes halogenated alkanes) is 2. The van der Waals surface area contributed by atoms with Crippen molar-refractivity contribution < 1.29 is 33.0 Å². The van der Waals surface area contributed by atoms with Crippen molar-refractivity contribution in [2.24, 2.45) is 0 Å². The van der Waals surface area contributed by atoms with Crippen LogP contribution in [0, 0.1) is 0 Å². The van der Waals surface area contributed by atoms with Crippen molar-refractivity contribution in [2.45, 2.75) is 52.4 Å². The lowest BCUT2D eigenvalue weighted by atomic mass is 10.0. The van der Waals surface area contributed by atoms with Crippen LogP contribution in [0.1, 0.15) is 52.4 Å². The first-order valence-electron chi connectivity index (χ1n) is 8.47. The summed E-state index contributed by atoms with van der Waals surface area (Å²) in [6.07, 6.45) is 7.71. The zero-order chi connectivity index (χ0) is 19.8. The highest BCUT2D eigenvalue weighted by molar-refractivity contribution is 7.75. The van der Waals surface area contributed by atoms with Crippen molar-refractivity contribution in [3.8, 4) is 0 Å². The lowest BCUT2D eigenvalue weighted by Crippen LogP contribution is -2.05. The fourth-order valence-corrected chi connectivity index (χ4v) is 2.59. The minimum absolute atomic E-state index is 0.269. The van der Waals surface area contributed by atoms with Crippen LogP contribution in [0.25, 0.3) is 0 Å². The van der Waals surface area contributed by atoms with E-state index in [4.69, 9.17) is 28.8 Å². The van der Waals surface area contributed by atoms with Gasteiger partial charge in [-0.3, -0.25) is 8.37 Å². The fourth-order valence-electron chi connectivity index (χ4n) is 2.02. The van der Waals surface area contributed by atoms with Crippen molar-refractivity contribution in [1.82, 2.24) is 0 Å². The minimum Gasteiger partial charge on any atom is -0.515 e. The molecular formula is C18H30O7S. The summed E-state index contributed by atoms with van der Waals surface area (Å²) in [6, 6.07) is 0. The lowest BCUT2D eigenvalue weighted by Gasteiger charge is -2.07. The van der Waals surface area contributed by atoms with Gasteiger partial charge in [-0.1, -0.05) is 0 Å². The first kappa shape index (κ1) is 24.2. The number of hydrogen-bond donors (Lipinski definition) is 4. The average molecular weight is 390 g/mol. The Labute approximate surface area is 157 Å². The molecule has 0 aliphatic carbocycles. The molecule has 0 fully saturated rings. The third kappa shape index (κ3) is 11.0. The summed E-state index contributed by atoms with van der Waals surface area (Å²) in [5.41, 5.74) is 2.49. The van der Waals surface area contributed by atoms with Crippen LogP contribution >= 0.6 is 0 Å². The molecule has 0 amide bonds. The third-order valence-electron chi connectivity index (χ3n) is 3.75. The first-order valence-corrected chi connectivity index (χ1v) is 9.47. The second-order valence-corrected chi connectivity index (χ2v) is 6.57. The van der Waals surface area contributed by atoms with Gasteiger partial charge < -0.3 is 20.4 Å². The second-order valence-electron chi connectivity index (χ2n) is 5.70. The Kier molecular flexibility index (Phi) is 14.4. The molecule has 0 bridgehead atoms. The van der Waals surface area contributed by atoms with Gasteiger partial charge in [0, 0.05) is 0 Å². The van der Waals surface area contributed by atoms with Crippen molar-refractivity contribution in [1.29, 1.82) is 0 Å². The average Bonchev–Trinajstić information content (AvgIpc) is 2.66. The summed E-state index contributed by atoms with van der Waals surface area (Å²) < 4.78 is 21.7. The molecule has 0 radical (unpaired) electrons. The van der Waals surface area contributed by atoms with E-state index >= 15 is 0 Å². The van der Waals surface area contributed by atoms with Gasteiger partial charge in [0.1, 0.15) is 0 Å². The second kappa shape index (κ2) is 15.5. The van der Waals surface area contributed by atoms with Crippen molar-refractivity contribution in [3.63, 3.8) is 0 Å². The molecule has 0 spiro atoms. The highest BCUT2D eigenvalue weighted by Crippen LogP contribution is 2.16. The summed E-state index contributed by atoms with van der Waals surface area (Å²) in [5.74, 6) is 0. The van der Waals surface area contributed by atoms with E-state index in [1.807, 2.05) is 0 Å². The monoisotopic (exact) mass is 390 g/mol. The van der Waals surface area contributed by atoms with Gasteiger partial charge >= 0.3 is 11.4 Å². The molecule has 0 unspecified atom stereocenters. The highest BCUT2D eigenvalue weighted by Gasteiger charge is 2.05. The normalized spacial score (nSPS) is 15.3. The summed E-state index contributed by atoms with van der Waals surface area (Å²) >= 11 is -1.80. The molecule has 0 aliphatic heterocycles. The summed E-state index contributed by atoms with van der Waals surface area (Å²) in [5, 5.41) is 35.9. The molecule has 0 rings (SSSR count). The molecule has 0 saturated carbocycles. The lowest BCUT2D eigenvalue weighted by molar-refractivity contribution is 0.242. The van der Waals surface area contributed by atoms with E-state index in [0.717, 1.165) is 25.0 Å². The summed E-state index contributed by atoms with van der Waals surface area (Å²) in [7, 11) is 0. The summed E-state index contributed by atoms with van der Waals surface area (Å²) in [4.78, 5) is 0. The van der Waals surface area contributed by atoms with Crippen LogP contribution in [0.2, 0.25) is 0 Å². The SMILES string of the molecule is CC(=CO)C(=CO)CCCCOS(=O)OCCCCC(=CO)C(C)=CO. The number of aliphatic hydroxyl groups is 4. The Morgan fingerprint density at radius 2 is 1.12 bits per heavy atom. The van der Waals surface area contributed by atoms with E-state index < -0.39 is 11.4 Å². The van der Waals surface area contributed by atoms with Gasteiger partial charge in [-0.15, -0.1) is 0 Å². The maximum Gasteiger partial charge on any atom is 0.304 e. The van der Waals surface area contributed by atoms with Crippen molar-refractivity contribution in [3.05, 3.63) is 47.3 Å². The molecule has 0 aromatic heterocycles. The molecule has 0 aromatic rings. The van der Waals surface area contributed by atoms with Crippen LogP contribution in [0.4, 0.5) is 0 Å². The standard InChI is InChI=1S/C18H30O7S/c1-15(11-19)17(13-21)7-3-5-9-24-26(23)25-10-6-4-8-18(14-22)16(2)12-20/h11-14,19-22H,3-10H2,1-2H3. The topological polar surface area (TPSA) is 116 Å². The summed E-state index contributed by atoms with van der Waals surface area (Å²) in [6.45, 7) is 3.93. The van der Waals surface area contributed by atoms with Gasteiger partial charge in [-0.05, 0) is 74.7 Å². The number of aliphatic hydroxyl groups excluding tert-OH is 4. The first-order chi connectivity index (χ1) is 12.5. The van der Waals surface area contributed by atoms with Crippen LogP contribution in [-0.4, -0.2) is 37.8 Å². The van der Waals surface area contributed by atoms with Crippen LogP contribution in [0.5, 0.6) is 0 Å². The predicted octanol–water partition coefficient (Wildman–Crippen LogP) is 4.75. The maximum absolute atomic E-state index is 11.5. The van der Waals surface area contributed by atoms with Gasteiger partial charge in [0.2, 0.25) is 0 Å². The molecule has 0 heterocycles. The van der Waals surface area contributed by atoms with Gasteiger partial charge in [0.15, 0.2) is 0 Å². The third-order valence-corrected chi connectivity index (χ3v) is 4.47. The molecule has 0 atom stereocenters. The van der Waals surface area contributed by atoms with Gasteiger partial charge in [-0.2, -0.15) is 4.21 Å². The molecule has 0 aromatic carbocycles. The van der Waals surface area contributed by atoms with Crippen molar-refractivity contribution >= 4 is 11.4 Å². The molecule has 0 aliphatic rings. The Balaban J connectivity index is 3.76. The quantitative estimate of drug-likeness (QED) is 0.192. The van der Waals surface area contributed by atoms with Crippen molar-refractivity contribution in [2.75, 3.05) is 13.2 Å². The zero-order valence-electron chi connectivity index (χ0n) is 15.4. The molecule has 8 heteroatoms. The molecule has 150 valence electrons. The Bertz CT molecular complexity index is 490. The van der Waals surface area contributed by atoms with Gasteiger partial charge in [0.05, 0.1) is 38.3 Å². The zero-order valence-corrected chi connectivity index (χ0v) is 16.2. The Morgan fingerprint density at radius 1 is 0.731 bits per heavy atom. The van der Waals surface area contributed by atoms with Gasteiger partial charge in [-0.25, -0.2) is 0 Å². The Hall–Kier alpha value is -1.77. The molecule has 4 N–H and O–H groups in total. The molecule has 26 heavy (non-hydrogen) atoms. The van der Waals surface area contributed by atoms with E-state index in [0.29, 0.717) is 60.8 Å². The number of hydrogen-bond acceptors (Lipinski definition) is 7. The van der Waals surface area contributed by atoms with E-state index in [2.05, 4.69) is 0 Å².